The van der Waals surface area contributed by atoms with Crippen LogP contribution in [0.4, 0.5) is 0 Å². The molecule has 114 valence electrons. The van der Waals surface area contributed by atoms with E-state index >= 15 is 0 Å². The lowest BCUT2D eigenvalue weighted by atomic mass is 10.1. The second kappa shape index (κ2) is 6.39. The van der Waals surface area contributed by atoms with Crippen molar-refractivity contribution >= 4 is 19.3 Å². The van der Waals surface area contributed by atoms with Crippen LogP contribution in [0.5, 0.6) is 0 Å². The molecular weight excluding hydrogens is 297 g/mol. The molecule has 7 nitrogen and oxygen atoms in total. The first kappa shape index (κ1) is 15.7. The van der Waals surface area contributed by atoms with Crippen LogP contribution in [0.2, 0.25) is 0 Å². The molecule has 0 radical (unpaired) electrons. The van der Waals surface area contributed by atoms with E-state index in [1.54, 1.807) is 24.3 Å². The number of hydrogen-bond donors (Lipinski definition) is 0. The predicted molar refractivity (Wildman–Crippen MR) is 75.4 cm³/mol. The summed E-state index contributed by atoms with van der Waals surface area (Å²) in [6.07, 6.45) is 0.302. The molecule has 0 fully saturated rings. The molecule has 1 aromatic carbocycles. The molecule has 1 aliphatic rings. The molecule has 0 amide bonds. The molecule has 1 atom stereocenters. The third-order valence-electron chi connectivity index (χ3n) is 3.15. The van der Waals surface area contributed by atoms with Gasteiger partial charge in [0.2, 0.25) is 5.85 Å². The number of oxime groups is 1. The highest BCUT2D eigenvalue weighted by atomic mass is 31.2. The van der Waals surface area contributed by atoms with E-state index in [1.165, 1.54) is 21.3 Å². The fraction of sp³-hybridized carbons (Fsp3) is 0.385. The minimum Gasteiger partial charge on any atom is -0.465 e. The number of nitrogens with zero attached hydrogens (tertiary/aromatic N) is 1. The van der Waals surface area contributed by atoms with E-state index < -0.39 is 19.4 Å². The summed E-state index contributed by atoms with van der Waals surface area (Å²) < 4.78 is 26.6. The Morgan fingerprint density at radius 2 is 1.86 bits per heavy atom. The Hall–Kier alpha value is -1.69. The number of carbonyl (C=O) groups is 1. The van der Waals surface area contributed by atoms with E-state index in [-0.39, 0.29) is 0 Å². The van der Waals surface area contributed by atoms with Gasteiger partial charge in [-0.05, 0) is 17.7 Å². The lowest BCUT2D eigenvalue weighted by Crippen LogP contribution is -2.12. The Kier molecular flexibility index (Phi) is 4.77. The summed E-state index contributed by atoms with van der Waals surface area (Å²) in [7, 11) is 0.599. The number of carbonyl (C=O) groups excluding carboxylic acids is 1. The van der Waals surface area contributed by atoms with Gasteiger partial charge in [-0.2, -0.15) is 0 Å². The normalized spacial score (nSPS) is 18.0. The Morgan fingerprint density at radius 1 is 1.24 bits per heavy atom. The molecule has 0 saturated carbocycles. The van der Waals surface area contributed by atoms with Crippen LogP contribution in [0.25, 0.3) is 0 Å². The zero-order valence-electron chi connectivity index (χ0n) is 11.9. The van der Waals surface area contributed by atoms with Gasteiger partial charge in [0.25, 0.3) is 0 Å². The van der Waals surface area contributed by atoms with Crippen LogP contribution >= 0.6 is 7.60 Å². The monoisotopic (exact) mass is 313 g/mol. The molecule has 8 heteroatoms. The molecule has 1 aromatic rings. The van der Waals surface area contributed by atoms with E-state index in [4.69, 9.17) is 13.9 Å². The Morgan fingerprint density at radius 3 is 2.38 bits per heavy atom. The van der Waals surface area contributed by atoms with E-state index in [1.807, 2.05) is 0 Å². The maximum Gasteiger partial charge on any atom is 0.373 e. The lowest BCUT2D eigenvalue weighted by Gasteiger charge is -2.17. The molecule has 2 rings (SSSR count). The molecule has 21 heavy (non-hydrogen) atoms. The lowest BCUT2D eigenvalue weighted by molar-refractivity contribution is 0.0600. The fourth-order valence-corrected chi connectivity index (χ4v) is 3.11. The van der Waals surface area contributed by atoms with Gasteiger partial charge in [-0.1, -0.05) is 17.3 Å². The van der Waals surface area contributed by atoms with Crippen molar-refractivity contribution in [1.82, 2.24) is 0 Å². The van der Waals surface area contributed by atoms with Gasteiger partial charge in [0.1, 0.15) is 0 Å². The number of rotatable bonds is 5. The average molecular weight is 313 g/mol. The van der Waals surface area contributed by atoms with Gasteiger partial charge in [0, 0.05) is 20.6 Å². The van der Waals surface area contributed by atoms with Crippen LogP contribution < -0.4 is 0 Å². The molecule has 0 aromatic heterocycles. The fourth-order valence-electron chi connectivity index (χ4n) is 1.93. The molecule has 0 saturated heterocycles. The zero-order chi connectivity index (χ0) is 15.5. The summed E-state index contributed by atoms with van der Waals surface area (Å²) in [4.78, 5) is 16.5. The number of benzene rings is 1. The van der Waals surface area contributed by atoms with Gasteiger partial charge < -0.3 is 18.6 Å². The van der Waals surface area contributed by atoms with Crippen LogP contribution in [-0.2, 0) is 23.2 Å². The first-order chi connectivity index (χ1) is 10.0. The van der Waals surface area contributed by atoms with E-state index in [9.17, 15) is 9.36 Å². The molecule has 0 N–H and O–H groups in total. The second-order valence-electron chi connectivity index (χ2n) is 4.28. The SMILES string of the molecule is COC(=O)c1ccc(C2=NOC(P(=O)(OC)OC)C2)cc1. The van der Waals surface area contributed by atoms with Crippen LogP contribution in [0.1, 0.15) is 22.3 Å². The van der Waals surface area contributed by atoms with Crippen molar-refractivity contribution in [2.45, 2.75) is 12.3 Å². The van der Waals surface area contributed by atoms with E-state index in [0.717, 1.165) is 5.56 Å². The van der Waals surface area contributed by atoms with Gasteiger partial charge in [-0.3, -0.25) is 4.57 Å². The molecule has 1 heterocycles. The third kappa shape index (κ3) is 3.15. The first-order valence-electron chi connectivity index (χ1n) is 6.16. The van der Waals surface area contributed by atoms with Crippen molar-refractivity contribution in [3.8, 4) is 0 Å². The molecule has 0 bridgehead atoms. The van der Waals surface area contributed by atoms with Crippen molar-refractivity contribution in [2.24, 2.45) is 5.16 Å². The Balaban J connectivity index is 2.11. The summed E-state index contributed by atoms with van der Waals surface area (Å²) >= 11 is 0. The highest BCUT2D eigenvalue weighted by Gasteiger charge is 2.41. The molecule has 1 unspecified atom stereocenters. The summed E-state index contributed by atoms with van der Waals surface area (Å²) in [6.45, 7) is 0. The summed E-state index contributed by atoms with van der Waals surface area (Å²) in [5.41, 5.74) is 1.83. The first-order valence-corrected chi connectivity index (χ1v) is 7.78. The summed E-state index contributed by atoms with van der Waals surface area (Å²) in [5, 5.41) is 3.91. The van der Waals surface area contributed by atoms with Gasteiger partial charge >= 0.3 is 13.6 Å². The van der Waals surface area contributed by atoms with Crippen molar-refractivity contribution in [1.29, 1.82) is 0 Å². The largest absolute Gasteiger partial charge is 0.465 e. The number of ether oxygens (including phenoxy) is 1. The average Bonchev–Trinajstić information content (AvgIpc) is 3.04. The van der Waals surface area contributed by atoms with Gasteiger partial charge in [0.15, 0.2) is 0 Å². The van der Waals surface area contributed by atoms with Crippen LogP contribution in [-0.4, -0.2) is 38.9 Å². The van der Waals surface area contributed by atoms with Crippen molar-refractivity contribution < 1.29 is 28.0 Å². The molecule has 0 spiro atoms. The minimum absolute atomic E-state index is 0.302. The quantitative estimate of drug-likeness (QED) is 0.613. The number of methoxy groups -OCH3 is 1. The minimum atomic E-state index is -3.33. The number of hydrogen-bond acceptors (Lipinski definition) is 7. The summed E-state index contributed by atoms with van der Waals surface area (Å²) in [5.74, 6) is -1.17. The van der Waals surface area contributed by atoms with Gasteiger partial charge in [-0.25, -0.2) is 4.79 Å². The van der Waals surface area contributed by atoms with Crippen LogP contribution in [0.15, 0.2) is 29.4 Å². The van der Waals surface area contributed by atoms with Crippen LogP contribution in [0, 0.1) is 0 Å². The van der Waals surface area contributed by atoms with Crippen molar-refractivity contribution in [3.63, 3.8) is 0 Å². The summed E-state index contributed by atoms with van der Waals surface area (Å²) in [6, 6.07) is 6.70. The number of esters is 1. The predicted octanol–water partition coefficient (Wildman–Crippen LogP) is 2.41. The Bertz CT molecular complexity index is 589. The third-order valence-corrected chi connectivity index (χ3v) is 5.15. The standard InChI is InChI=1S/C13H16NO6P/c1-17-13(15)10-6-4-9(5-7-10)11-8-12(20-14-11)21(16,18-2)19-3/h4-7,12H,8H2,1-3H3. The van der Waals surface area contributed by atoms with Crippen molar-refractivity contribution in [2.75, 3.05) is 21.3 Å². The zero-order valence-corrected chi connectivity index (χ0v) is 12.8. The van der Waals surface area contributed by atoms with E-state index in [2.05, 4.69) is 9.89 Å². The molecule has 0 aliphatic carbocycles. The maximum absolute atomic E-state index is 12.2. The van der Waals surface area contributed by atoms with Gasteiger partial charge in [0.05, 0.1) is 18.4 Å². The highest BCUT2D eigenvalue weighted by molar-refractivity contribution is 7.54. The molecule has 1 aliphatic heterocycles. The van der Waals surface area contributed by atoms with Crippen LogP contribution in [0.3, 0.4) is 0 Å². The second-order valence-corrected chi connectivity index (χ2v) is 6.66. The van der Waals surface area contributed by atoms with Crippen molar-refractivity contribution in [3.05, 3.63) is 35.4 Å². The Labute approximate surface area is 122 Å². The maximum atomic E-state index is 12.2. The molecular formula is C13H16NO6P. The van der Waals surface area contributed by atoms with E-state index in [0.29, 0.717) is 17.7 Å². The smallest absolute Gasteiger partial charge is 0.373 e. The highest BCUT2D eigenvalue weighted by Crippen LogP contribution is 2.54. The van der Waals surface area contributed by atoms with Gasteiger partial charge in [-0.15, -0.1) is 0 Å². The topological polar surface area (TPSA) is 83.4 Å².